The van der Waals surface area contributed by atoms with Crippen molar-refractivity contribution < 1.29 is 9.13 Å². The minimum absolute atomic E-state index is 0.209. The zero-order valence-corrected chi connectivity index (χ0v) is 12.2. The second kappa shape index (κ2) is 5.66. The van der Waals surface area contributed by atoms with Gasteiger partial charge in [0.2, 0.25) is 0 Å². The molecule has 19 heavy (non-hydrogen) atoms. The maximum absolute atomic E-state index is 13.9. The molecule has 0 bridgehead atoms. The Morgan fingerprint density at radius 1 is 1.53 bits per heavy atom. The van der Waals surface area contributed by atoms with Crippen LogP contribution >= 0.6 is 15.9 Å². The van der Waals surface area contributed by atoms with Crippen LogP contribution in [0.2, 0.25) is 0 Å². The van der Waals surface area contributed by atoms with E-state index in [1.807, 2.05) is 13.8 Å². The molecule has 2 N–H and O–H groups in total. The van der Waals surface area contributed by atoms with Gasteiger partial charge in [0.15, 0.2) is 5.82 Å². The van der Waals surface area contributed by atoms with Crippen molar-refractivity contribution in [2.75, 3.05) is 12.3 Å². The van der Waals surface area contributed by atoms with E-state index in [-0.39, 0.29) is 12.0 Å². The average Bonchev–Trinajstić information content (AvgIpc) is 2.84. The number of rotatable bonds is 4. The van der Waals surface area contributed by atoms with Gasteiger partial charge in [-0.25, -0.2) is 14.1 Å². The molecule has 0 fully saturated rings. The molecular weight excluding hydrogens is 315 g/mol. The molecule has 0 aliphatic heterocycles. The van der Waals surface area contributed by atoms with Gasteiger partial charge in [0, 0.05) is 23.9 Å². The monoisotopic (exact) mass is 328 g/mol. The fourth-order valence-electron chi connectivity index (χ4n) is 1.73. The van der Waals surface area contributed by atoms with Gasteiger partial charge >= 0.3 is 0 Å². The topological polar surface area (TPSA) is 66.0 Å². The molecule has 2 heterocycles. The predicted octanol–water partition coefficient (Wildman–Crippen LogP) is 2.98. The molecular formula is C12H14BrFN4O. The molecule has 1 unspecified atom stereocenters. The molecule has 102 valence electrons. The lowest BCUT2D eigenvalue weighted by Crippen LogP contribution is -2.09. The van der Waals surface area contributed by atoms with E-state index in [1.165, 1.54) is 0 Å². The summed E-state index contributed by atoms with van der Waals surface area (Å²) < 4.78 is 21.3. The Morgan fingerprint density at radius 3 is 2.95 bits per heavy atom. The van der Waals surface area contributed by atoms with Crippen LogP contribution in [0, 0.1) is 5.82 Å². The van der Waals surface area contributed by atoms with Crippen molar-refractivity contribution in [1.82, 2.24) is 14.8 Å². The highest BCUT2D eigenvalue weighted by Gasteiger charge is 2.16. The third kappa shape index (κ3) is 2.76. The maximum Gasteiger partial charge on any atom is 0.150 e. The number of nitrogens with two attached hydrogens (primary N) is 1. The smallest absolute Gasteiger partial charge is 0.150 e. The van der Waals surface area contributed by atoms with Gasteiger partial charge in [-0.1, -0.05) is 0 Å². The Morgan fingerprint density at radius 2 is 2.26 bits per heavy atom. The molecule has 0 aliphatic rings. The molecule has 0 radical (unpaired) electrons. The van der Waals surface area contributed by atoms with Crippen LogP contribution in [0.25, 0.3) is 11.1 Å². The molecule has 0 saturated heterocycles. The van der Waals surface area contributed by atoms with E-state index in [1.54, 1.807) is 17.1 Å². The molecule has 0 aliphatic carbocycles. The highest BCUT2D eigenvalue weighted by Crippen LogP contribution is 2.33. The predicted molar refractivity (Wildman–Crippen MR) is 73.9 cm³/mol. The van der Waals surface area contributed by atoms with Crippen LogP contribution in [0.3, 0.4) is 0 Å². The highest BCUT2D eigenvalue weighted by atomic mass is 79.9. The lowest BCUT2D eigenvalue weighted by Gasteiger charge is -2.11. The molecule has 0 spiro atoms. The first-order valence-electron chi connectivity index (χ1n) is 5.80. The number of nitrogens with zero attached hydrogens (tertiary/aromatic N) is 3. The zero-order valence-electron chi connectivity index (χ0n) is 10.6. The minimum atomic E-state index is -0.454. The van der Waals surface area contributed by atoms with E-state index in [0.29, 0.717) is 22.2 Å². The van der Waals surface area contributed by atoms with Crippen molar-refractivity contribution in [2.45, 2.75) is 20.1 Å². The summed E-state index contributed by atoms with van der Waals surface area (Å²) in [5.41, 5.74) is 6.63. The van der Waals surface area contributed by atoms with Crippen molar-refractivity contribution in [3.63, 3.8) is 0 Å². The molecule has 0 saturated carbocycles. The van der Waals surface area contributed by atoms with Gasteiger partial charge in [-0.2, -0.15) is 5.10 Å². The molecule has 7 heteroatoms. The highest BCUT2D eigenvalue weighted by molar-refractivity contribution is 9.10. The normalized spacial score (nSPS) is 12.6. The number of ether oxygens (including phenoxy) is 1. The van der Waals surface area contributed by atoms with Crippen LogP contribution < -0.4 is 5.73 Å². The molecule has 0 aromatic carbocycles. The molecule has 2 rings (SSSR count). The first-order chi connectivity index (χ1) is 9.04. The third-order valence-corrected chi connectivity index (χ3v) is 3.47. The summed E-state index contributed by atoms with van der Waals surface area (Å²) in [5.74, 6) is -0.216. The van der Waals surface area contributed by atoms with Crippen LogP contribution in [0.15, 0.2) is 23.1 Å². The maximum atomic E-state index is 13.9. The number of hydrogen-bond donors (Lipinski definition) is 1. The second-order valence-electron chi connectivity index (χ2n) is 3.94. The van der Waals surface area contributed by atoms with E-state index in [2.05, 4.69) is 26.0 Å². The Bertz CT molecular complexity index is 587. The Hall–Kier alpha value is -1.47. The number of nitrogen functional groups attached to an aromatic ring is 1. The van der Waals surface area contributed by atoms with Crippen molar-refractivity contribution in [3.8, 4) is 11.1 Å². The molecule has 2 aromatic rings. The van der Waals surface area contributed by atoms with Crippen LogP contribution in [0.5, 0.6) is 0 Å². The van der Waals surface area contributed by atoms with Crippen molar-refractivity contribution in [2.24, 2.45) is 0 Å². The number of pyridine rings is 1. The molecule has 5 nitrogen and oxygen atoms in total. The summed E-state index contributed by atoms with van der Waals surface area (Å²) in [6.45, 7) is 4.35. The fourth-order valence-corrected chi connectivity index (χ4v) is 2.25. The summed E-state index contributed by atoms with van der Waals surface area (Å²) in [6, 6.07) is 0. The lowest BCUT2D eigenvalue weighted by atomic mass is 10.1. The van der Waals surface area contributed by atoms with Gasteiger partial charge in [-0.15, -0.1) is 0 Å². The van der Waals surface area contributed by atoms with Gasteiger partial charge in [-0.05, 0) is 29.8 Å². The van der Waals surface area contributed by atoms with Gasteiger partial charge < -0.3 is 10.5 Å². The van der Waals surface area contributed by atoms with Gasteiger partial charge in [0.25, 0.3) is 0 Å². The molecule has 1 atom stereocenters. The van der Waals surface area contributed by atoms with Crippen molar-refractivity contribution in [1.29, 1.82) is 0 Å². The summed E-state index contributed by atoms with van der Waals surface area (Å²) in [7, 11) is 0. The quantitative estimate of drug-likeness (QED) is 0.936. The van der Waals surface area contributed by atoms with Crippen LogP contribution in [-0.2, 0) is 4.74 Å². The summed E-state index contributed by atoms with van der Waals surface area (Å²) in [6.07, 6.45) is 4.17. The number of aromatic nitrogens is 3. The number of halogens is 2. The van der Waals surface area contributed by atoms with Crippen LogP contribution in [-0.4, -0.2) is 21.4 Å². The van der Waals surface area contributed by atoms with Gasteiger partial charge in [0.05, 0.1) is 16.9 Å². The van der Waals surface area contributed by atoms with Gasteiger partial charge in [-0.3, -0.25) is 0 Å². The van der Waals surface area contributed by atoms with Crippen molar-refractivity contribution >= 4 is 21.7 Å². The Balaban J connectivity index is 2.41. The summed E-state index contributed by atoms with van der Waals surface area (Å²) >= 11 is 3.25. The molecule has 0 amide bonds. The lowest BCUT2D eigenvalue weighted by molar-refractivity contribution is 0.0160. The van der Waals surface area contributed by atoms with E-state index < -0.39 is 5.82 Å². The first-order valence-corrected chi connectivity index (χ1v) is 6.59. The zero-order chi connectivity index (χ0) is 14.0. The van der Waals surface area contributed by atoms with Crippen LogP contribution in [0.4, 0.5) is 10.2 Å². The summed E-state index contributed by atoms with van der Waals surface area (Å²) in [5, 5.41) is 4.17. The largest absolute Gasteiger partial charge is 0.383 e. The van der Waals surface area contributed by atoms with E-state index in [4.69, 9.17) is 10.5 Å². The van der Waals surface area contributed by atoms with E-state index in [0.717, 1.165) is 6.20 Å². The standard InChI is InChI=1S/C12H14BrFN4O/c1-3-19-7(2)18-6-8(4-17-18)10-9(14)5-16-12(15)11(10)13/h4-7H,3H2,1-2H3,(H2,15,16). The Kier molecular flexibility index (Phi) is 4.16. The molecule has 2 aromatic heterocycles. The number of anilines is 1. The SMILES string of the molecule is CCOC(C)n1cc(-c2c(F)cnc(N)c2Br)cn1. The first kappa shape index (κ1) is 14.0. The minimum Gasteiger partial charge on any atom is -0.383 e. The summed E-state index contributed by atoms with van der Waals surface area (Å²) in [4.78, 5) is 3.74. The fraction of sp³-hybridized carbons (Fsp3) is 0.333. The van der Waals surface area contributed by atoms with E-state index in [9.17, 15) is 4.39 Å². The van der Waals surface area contributed by atoms with Crippen molar-refractivity contribution in [3.05, 3.63) is 28.9 Å². The average molecular weight is 329 g/mol. The Labute approximate surface area is 118 Å². The van der Waals surface area contributed by atoms with Gasteiger partial charge in [0.1, 0.15) is 12.0 Å². The van der Waals surface area contributed by atoms with Crippen LogP contribution in [0.1, 0.15) is 20.1 Å². The third-order valence-electron chi connectivity index (χ3n) is 2.67. The van der Waals surface area contributed by atoms with E-state index >= 15 is 0 Å². The second-order valence-corrected chi connectivity index (χ2v) is 4.74. The number of hydrogen-bond acceptors (Lipinski definition) is 4.